The number of nitrogens with one attached hydrogen (secondary N) is 1. The third kappa shape index (κ3) is 10.9. The number of imide groups is 1. The van der Waals surface area contributed by atoms with Gasteiger partial charge in [0.15, 0.2) is 5.79 Å². The summed E-state index contributed by atoms with van der Waals surface area (Å²) in [6, 6.07) is -0.531. The minimum Gasteiger partial charge on any atom is -0.394 e. The van der Waals surface area contributed by atoms with E-state index in [1.165, 1.54) is 4.90 Å². The van der Waals surface area contributed by atoms with Crippen molar-refractivity contribution in [3.8, 4) is 0 Å². The number of amides is 3. The number of urea groups is 1. The zero-order valence-electron chi connectivity index (χ0n) is 15.9. The second-order valence-corrected chi connectivity index (χ2v) is 5.12. The number of carbonyl (C=O) groups excluding carboxylic acids is 2. The molecule has 25 heavy (non-hydrogen) atoms. The smallest absolute Gasteiger partial charge is 0.329 e. The standard InChI is InChI=1S/C10H16N2O4.C5H12O2.C2H6/c1-2-5-12(10(15)11-7-14)9-4-3-8(6-13)16-9;1-3-5(6,7)4-2;1-2/h2,5,7-9,13H,3-4,6H2,1H3,(H,11,14,15);6-7H,3-4H2,1-2H3;1-2H3/b5-2-;;. The van der Waals surface area contributed by atoms with Crippen LogP contribution >= 0.6 is 0 Å². The van der Waals surface area contributed by atoms with Crippen molar-refractivity contribution in [1.82, 2.24) is 10.2 Å². The number of rotatable bonds is 6. The molecule has 1 aliphatic rings. The Morgan fingerprint density at radius 1 is 1.28 bits per heavy atom. The van der Waals surface area contributed by atoms with Crippen molar-refractivity contribution in [1.29, 1.82) is 0 Å². The molecule has 0 aliphatic carbocycles. The Labute approximate surface area is 150 Å². The number of hydrogen-bond acceptors (Lipinski definition) is 6. The van der Waals surface area contributed by atoms with Gasteiger partial charge in [0.25, 0.3) is 0 Å². The van der Waals surface area contributed by atoms with Gasteiger partial charge in [-0.3, -0.25) is 15.0 Å². The van der Waals surface area contributed by atoms with E-state index in [1.54, 1.807) is 33.0 Å². The Balaban J connectivity index is 0. The van der Waals surface area contributed by atoms with Crippen molar-refractivity contribution in [2.24, 2.45) is 0 Å². The Kier molecular flexibility index (Phi) is 15.3. The predicted octanol–water partition coefficient (Wildman–Crippen LogP) is 1.70. The fourth-order valence-electron chi connectivity index (χ4n) is 1.86. The molecule has 1 fully saturated rings. The van der Waals surface area contributed by atoms with E-state index in [4.69, 9.17) is 20.1 Å². The van der Waals surface area contributed by atoms with E-state index in [1.807, 2.05) is 13.8 Å². The van der Waals surface area contributed by atoms with Gasteiger partial charge in [-0.05, 0) is 32.6 Å². The summed E-state index contributed by atoms with van der Waals surface area (Å²) in [4.78, 5) is 23.0. The highest BCUT2D eigenvalue weighted by atomic mass is 16.5. The van der Waals surface area contributed by atoms with Crippen LogP contribution in [0.1, 0.15) is 60.3 Å². The predicted molar refractivity (Wildman–Crippen MR) is 95.3 cm³/mol. The van der Waals surface area contributed by atoms with Crippen LogP contribution in [-0.2, 0) is 9.53 Å². The molecule has 0 aromatic carbocycles. The minimum atomic E-state index is -1.42. The minimum absolute atomic E-state index is 0.0600. The van der Waals surface area contributed by atoms with Crippen molar-refractivity contribution in [3.63, 3.8) is 0 Å². The van der Waals surface area contributed by atoms with Crippen LogP contribution < -0.4 is 5.32 Å². The molecule has 0 spiro atoms. The molecule has 1 heterocycles. The Bertz CT molecular complexity index is 381. The number of aliphatic hydroxyl groups excluding tert-OH is 1. The average Bonchev–Trinajstić information content (AvgIpc) is 3.11. The molecule has 0 saturated carbocycles. The normalized spacial score (nSPS) is 19.4. The quantitative estimate of drug-likeness (QED) is 0.422. The van der Waals surface area contributed by atoms with Gasteiger partial charge in [0, 0.05) is 6.20 Å². The van der Waals surface area contributed by atoms with Gasteiger partial charge in [-0.15, -0.1) is 0 Å². The first kappa shape index (κ1) is 25.8. The van der Waals surface area contributed by atoms with Gasteiger partial charge in [0.1, 0.15) is 6.23 Å². The zero-order chi connectivity index (χ0) is 19.9. The van der Waals surface area contributed by atoms with Crippen LogP contribution in [0.25, 0.3) is 0 Å². The van der Waals surface area contributed by atoms with Gasteiger partial charge >= 0.3 is 6.03 Å². The van der Waals surface area contributed by atoms with E-state index in [0.717, 1.165) is 0 Å². The molecule has 2 atom stereocenters. The molecular formula is C17H34N2O6. The monoisotopic (exact) mass is 362 g/mol. The fraction of sp³-hybridized carbons (Fsp3) is 0.765. The fourth-order valence-corrected chi connectivity index (χ4v) is 1.86. The molecule has 1 rings (SSSR count). The summed E-state index contributed by atoms with van der Waals surface area (Å²) < 4.78 is 5.44. The maximum absolute atomic E-state index is 11.5. The summed E-state index contributed by atoms with van der Waals surface area (Å²) in [5, 5.41) is 28.3. The second kappa shape index (κ2) is 14.8. The van der Waals surface area contributed by atoms with E-state index < -0.39 is 18.0 Å². The molecule has 3 amide bonds. The number of aliphatic hydroxyl groups is 3. The van der Waals surface area contributed by atoms with Gasteiger partial charge in [-0.2, -0.15) is 0 Å². The number of carbonyl (C=O) groups is 2. The number of allylic oxidation sites excluding steroid dienone is 1. The van der Waals surface area contributed by atoms with Crippen LogP contribution in [0.2, 0.25) is 0 Å². The summed E-state index contributed by atoms with van der Waals surface area (Å²) >= 11 is 0. The van der Waals surface area contributed by atoms with Crippen LogP contribution in [0.15, 0.2) is 12.3 Å². The molecule has 8 nitrogen and oxygen atoms in total. The third-order valence-electron chi connectivity index (χ3n) is 3.46. The largest absolute Gasteiger partial charge is 0.394 e. The lowest BCUT2D eigenvalue weighted by atomic mass is 10.2. The summed E-state index contributed by atoms with van der Waals surface area (Å²) in [6.07, 6.45) is 5.05. The maximum atomic E-state index is 11.5. The van der Waals surface area contributed by atoms with Gasteiger partial charge in [0.05, 0.1) is 12.7 Å². The topological polar surface area (TPSA) is 119 Å². The van der Waals surface area contributed by atoms with Gasteiger partial charge in [-0.1, -0.05) is 33.8 Å². The van der Waals surface area contributed by atoms with E-state index in [-0.39, 0.29) is 12.7 Å². The highest BCUT2D eigenvalue weighted by Gasteiger charge is 2.31. The summed E-state index contributed by atoms with van der Waals surface area (Å²) in [6.45, 7) is 9.18. The van der Waals surface area contributed by atoms with Crippen molar-refractivity contribution < 1.29 is 29.6 Å². The van der Waals surface area contributed by atoms with E-state index >= 15 is 0 Å². The lowest BCUT2D eigenvalue weighted by Crippen LogP contribution is -2.42. The van der Waals surface area contributed by atoms with E-state index in [2.05, 4.69) is 5.32 Å². The summed E-state index contributed by atoms with van der Waals surface area (Å²) in [5.41, 5.74) is 0. The highest BCUT2D eigenvalue weighted by molar-refractivity contribution is 5.85. The molecule has 0 aromatic heterocycles. The molecular weight excluding hydrogens is 328 g/mol. The molecule has 0 radical (unpaired) electrons. The molecule has 0 aromatic rings. The molecule has 2 unspecified atom stereocenters. The maximum Gasteiger partial charge on any atom is 0.329 e. The lowest BCUT2D eigenvalue weighted by Gasteiger charge is -2.24. The van der Waals surface area contributed by atoms with Gasteiger partial charge < -0.3 is 20.1 Å². The first-order valence-corrected chi connectivity index (χ1v) is 8.71. The van der Waals surface area contributed by atoms with E-state index in [0.29, 0.717) is 32.1 Å². The van der Waals surface area contributed by atoms with Crippen molar-refractivity contribution in [2.75, 3.05) is 6.61 Å². The number of ether oxygens (including phenoxy) is 1. The average molecular weight is 362 g/mol. The van der Waals surface area contributed by atoms with E-state index in [9.17, 15) is 9.59 Å². The van der Waals surface area contributed by atoms with Gasteiger partial charge in [0.2, 0.25) is 6.41 Å². The molecule has 8 heteroatoms. The molecule has 4 N–H and O–H groups in total. The van der Waals surface area contributed by atoms with Crippen LogP contribution in [-0.4, -0.2) is 57.4 Å². The number of hydrogen-bond donors (Lipinski definition) is 4. The van der Waals surface area contributed by atoms with Crippen molar-refractivity contribution >= 4 is 12.4 Å². The van der Waals surface area contributed by atoms with Crippen LogP contribution in [0.4, 0.5) is 4.79 Å². The Hall–Kier alpha value is -1.48. The number of nitrogens with zero attached hydrogens (tertiary/aromatic N) is 1. The van der Waals surface area contributed by atoms with Crippen LogP contribution in [0.5, 0.6) is 0 Å². The molecule has 0 bridgehead atoms. The summed E-state index contributed by atoms with van der Waals surface area (Å²) in [7, 11) is 0. The first-order valence-electron chi connectivity index (χ1n) is 8.71. The second-order valence-electron chi connectivity index (χ2n) is 5.12. The van der Waals surface area contributed by atoms with Crippen molar-refractivity contribution in [3.05, 3.63) is 12.3 Å². The summed E-state index contributed by atoms with van der Waals surface area (Å²) in [5.74, 6) is -1.42. The van der Waals surface area contributed by atoms with Crippen molar-refractivity contribution in [2.45, 2.75) is 78.4 Å². The Morgan fingerprint density at radius 2 is 1.84 bits per heavy atom. The van der Waals surface area contributed by atoms with Crippen LogP contribution in [0, 0.1) is 0 Å². The SMILES string of the molecule is C/C=C\N(C(=O)NC=O)C1CCC(CO)O1.CC.CCC(O)(O)CC. The zero-order valence-corrected chi connectivity index (χ0v) is 15.9. The highest BCUT2D eigenvalue weighted by Crippen LogP contribution is 2.22. The first-order chi connectivity index (χ1) is 11.8. The lowest BCUT2D eigenvalue weighted by molar-refractivity contribution is -0.163. The van der Waals surface area contributed by atoms with Crippen LogP contribution in [0.3, 0.4) is 0 Å². The molecule has 148 valence electrons. The third-order valence-corrected chi connectivity index (χ3v) is 3.46. The molecule has 1 aliphatic heterocycles. The Morgan fingerprint density at radius 3 is 2.16 bits per heavy atom. The van der Waals surface area contributed by atoms with Gasteiger partial charge in [-0.25, -0.2) is 4.79 Å². The molecule has 1 saturated heterocycles.